The van der Waals surface area contributed by atoms with Crippen LogP contribution in [0.25, 0.3) is 0 Å². The molecule has 0 rings (SSSR count). The largest absolute Gasteiger partial charge is 0.462 e. The van der Waals surface area contributed by atoms with E-state index in [-0.39, 0.29) is 31.1 Å². The maximum absolute atomic E-state index is 12.8. The van der Waals surface area contributed by atoms with Crippen molar-refractivity contribution in [2.45, 2.75) is 316 Å². The molecule has 0 N–H and O–H groups in total. The molecular weight excluding hydrogens is 757 g/mol. The van der Waals surface area contributed by atoms with Gasteiger partial charge in [-0.25, -0.2) is 0 Å². The standard InChI is InChI=1S/C55H106O6/c1-5-7-9-11-13-15-17-19-21-23-27-31-35-39-43-47-54(57)60-50-52(61-55(58)48-44-40-36-32-28-24-25-29-33-37-41-45-51(3)4)49-59-53(56)46-42-38-34-30-26-22-20-18-16-14-12-10-8-6-2/h51-52H,5-50H2,1-4H3/t52-/m0/s1. The van der Waals surface area contributed by atoms with E-state index in [0.717, 1.165) is 63.7 Å². The monoisotopic (exact) mass is 863 g/mol. The van der Waals surface area contributed by atoms with E-state index < -0.39 is 6.10 Å². The minimum Gasteiger partial charge on any atom is -0.462 e. The lowest BCUT2D eigenvalue weighted by molar-refractivity contribution is -0.167. The quantitative estimate of drug-likeness (QED) is 0.0344. The molecule has 0 aliphatic heterocycles. The highest BCUT2D eigenvalue weighted by molar-refractivity contribution is 5.71. The molecule has 0 aliphatic rings. The molecule has 0 bridgehead atoms. The van der Waals surface area contributed by atoms with E-state index in [4.69, 9.17) is 14.2 Å². The van der Waals surface area contributed by atoms with E-state index in [1.165, 1.54) is 205 Å². The minimum atomic E-state index is -0.761. The number of ether oxygens (including phenoxy) is 3. The zero-order valence-electron chi connectivity index (χ0n) is 41.6. The van der Waals surface area contributed by atoms with Crippen molar-refractivity contribution in [1.29, 1.82) is 0 Å². The van der Waals surface area contributed by atoms with E-state index in [9.17, 15) is 14.4 Å². The molecule has 6 nitrogen and oxygen atoms in total. The highest BCUT2D eigenvalue weighted by Gasteiger charge is 2.19. The first kappa shape index (κ1) is 59.4. The molecule has 0 fully saturated rings. The number of carbonyl (C=O) groups excluding carboxylic acids is 3. The van der Waals surface area contributed by atoms with Gasteiger partial charge < -0.3 is 14.2 Å². The number of unbranched alkanes of at least 4 members (excludes halogenated alkanes) is 37. The fourth-order valence-electron chi connectivity index (χ4n) is 8.39. The summed E-state index contributed by atoms with van der Waals surface area (Å²) in [7, 11) is 0. The summed E-state index contributed by atoms with van der Waals surface area (Å²) in [5.41, 5.74) is 0. The Kier molecular flexibility index (Phi) is 48.1. The highest BCUT2D eigenvalue weighted by Crippen LogP contribution is 2.17. The molecule has 61 heavy (non-hydrogen) atoms. The Morgan fingerprint density at radius 2 is 0.541 bits per heavy atom. The van der Waals surface area contributed by atoms with Gasteiger partial charge in [-0.2, -0.15) is 0 Å². The second-order valence-electron chi connectivity index (χ2n) is 19.3. The van der Waals surface area contributed by atoms with Gasteiger partial charge in [0.25, 0.3) is 0 Å². The first-order valence-electron chi connectivity index (χ1n) is 27.4. The molecule has 0 unspecified atom stereocenters. The average Bonchev–Trinajstić information content (AvgIpc) is 3.24. The normalized spacial score (nSPS) is 12.0. The van der Waals surface area contributed by atoms with Crippen molar-refractivity contribution in [1.82, 2.24) is 0 Å². The minimum absolute atomic E-state index is 0.0623. The molecule has 0 aliphatic carbocycles. The van der Waals surface area contributed by atoms with Crippen LogP contribution in [0.1, 0.15) is 310 Å². The Morgan fingerprint density at radius 1 is 0.311 bits per heavy atom. The van der Waals surface area contributed by atoms with Crippen molar-refractivity contribution in [2.75, 3.05) is 13.2 Å². The van der Waals surface area contributed by atoms with E-state index in [2.05, 4.69) is 27.7 Å². The maximum atomic E-state index is 12.8. The van der Waals surface area contributed by atoms with Crippen LogP contribution in [-0.4, -0.2) is 37.2 Å². The van der Waals surface area contributed by atoms with Crippen LogP contribution in [0.2, 0.25) is 0 Å². The van der Waals surface area contributed by atoms with Gasteiger partial charge in [0.2, 0.25) is 0 Å². The third kappa shape index (κ3) is 49.3. The summed E-state index contributed by atoms with van der Waals surface area (Å²) in [5, 5.41) is 0. The van der Waals surface area contributed by atoms with Gasteiger partial charge in [0.15, 0.2) is 6.10 Å². The van der Waals surface area contributed by atoms with Crippen LogP contribution in [0.5, 0.6) is 0 Å². The smallest absolute Gasteiger partial charge is 0.306 e. The number of carbonyl (C=O) groups is 3. The second kappa shape index (κ2) is 49.4. The SMILES string of the molecule is CCCCCCCCCCCCCCCCCC(=O)OC[C@H](COC(=O)CCCCCCCCCCCCCCCC)OC(=O)CCCCCCCCCCCCCC(C)C. The predicted molar refractivity (Wildman–Crippen MR) is 261 cm³/mol. The van der Waals surface area contributed by atoms with Gasteiger partial charge in [0, 0.05) is 19.3 Å². The summed E-state index contributed by atoms with van der Waals surface area (Å²) in [4.78, 5) is 38.0. The number of esters is 3. The van der Waals surface area contributed by atoms with Crippen molar-refractivity contribution in [2.24, 2.45) is 5.92 Å². The average molecular weight is 863 g/mol. The predicted octanol–water partition coefficient (Wildman–Crippen LogP) is 17.8. The third-order valence-electron chi connectivity index (χ3n) is 12.5. The van der Waals surface area contributed by atoms with Gasteiger partial charge in [-0.05, 0) is 25.2 Å². The Hall–Kier alpha value is -1.59. The Balaban J connectivity index is 4.31. The summed E-state index contributed by atoms with van der Waals surface area (Å²) in [6.45, 7) is 9.04. The molecule has 0 saturated carbocycles. The first-order valence-corrected chi connectivity index (χ1v) is 27.4. The topological polar surface area (TPSA) is 78.9 Å². The molecule has 0 aromatic carbocycles. The number of hydrogen-bond acceptors (Lipinski definition) is 6. The number of hydrogen-bond donors (Lipinski definition) is 0. The summed E-state index contributed by atoms with van der Waals surface area (Å²) < 4.78 is 16.9. The van der Waals surface area contributed by atoms with Crippen LogP contribution >= 0.6 is 0 Å². The van der Waals surface area contributed by atoms with Gasteiger partial charge >= 0.3 is 17.9 Å². The molecule has 6 heteroatoms. The first-order chi connectivity index (χ1) is 29.9. The second-order valence-corrected chi connectivity index (χ2v) is 19.3. The van der Waals surface area contributed by atoms with Crippen LogP contribution in [0.15, 0.2) is 0 Å². The molecule has 0 saturated heterocycles. The maximum Gasteiger partial charge on any atom is 0.306 e. The molecule has 0 spiro atoms. The van der Waals surface area contributed by atoms with Crippen LogP contribution in [0.3, 0.4) is 0 Å². The Morgan fingerprint density at radius 3 is 0.803 bits per heavy atom. The highest BCUT2D eigenvalue weighted by atomic mass is 16.6. The molecule has 0 amide bonds. The van der Waals surface area contributed by atoms with Crippen LogP contribution in [0.4, 0.5) is 0 Å². The zero-order valence-corrected chi connectivity index (χ0v) is 41.6. The fourth-order valence-corrected chi connectivity index (χ4v) is 8.39. The molecule has 0 aromatic heterocycles. The van der Waals surface area contributed by atoms with Crippen molar-refractivity contribution >= 4 is 17.9 Å². The van der Waals surface area contributed by atoms with Crippen LogP contribution in [-0.2, 0) is 28.6 Å². The van der Waals surface area contributed by atoms with Crippen molar-refractivity contribution in [3.8, 4) is 0 Å². The lowest BCUT2D eigenvalue weighted by atomic mass is 10.0. The van der Waals surface area contributed by atoms with Crippen molar-refractivity contribution < 1.29 is 28.6 Å². The van der Waals surface area contributed by atoms with E-state index >= 15 is 0 Å². The van der Waals surface area contributed by atoms with Crippen molar-refractivity contribution in [3.63, 3.8) is 0 Å². The Labute approximate surface area is 380 Å². The van der Waals surface area contributed by atoms with Gasteiger partial charge in [-0.3, -0.25) is 14.4 Å². The fraction of sp³-hybridized carbons (Fsp3) is 0.945. The third-order valence-corrected chi connectivity index (χ3v) is 12.5. The summed E-state index contributed by atoms with van der Waals surface area (Å²) in [6, 6.07) is 0. The van der Waals surface area contributed by atoms with Crippen LogP contribution in [0, 0.1) is 5.92 Å². The summed E-state index contributed by atoms with van der Waals surface area (Å²) in [6.07, 6.45) is 52.3. The number of rotatable bonds is 50. The molecule has 0 heterocycles. The van der Waals surface area contributed by atoms with Crippen LogP contribution < -0.4 is 0 Å². The van der Waals surface area contributed by atoms with Gasteiger partial charge in [0.05, 0.1) is 0 Å². The van der Waals surface area contributed by atoms with Gasteiger partial charge in [-0.15, -0.1) is 0 Å². The lowest BCUT2D eigenvalue weighted by Gasteiger charge is -2.18. The molecular formula is C55H106O6. The van der Waals surface area contributed by atoms with E-state index in [1.807, 2.05) is 0 Å². The Bertz CT molecular complexity index is 918. The van der Waals surface area contributed by atoms with Gasteiger partial charge in [0.1, 0.15) is 13.2 Å². The molecule has 1 atom stereocenters. The molecule has 0 aromatic rings. The lowest BCUT2D eigenvalue weighted by Crippen LogP contribution is -2.30. The van der Waals surface area contributed by atoms with E-state index in [1.54, 1.807) is 0 Å². The summed E-state index contributed by atoms with van der Waals surface area (Å²) >= 11 is 0. The van der Waals surface area contributed by atoms with Gasteiger partial charge in [-0.1, -0.05) is 272 Å². The summed E-state index contributed by atoms with van der Waals surface area (Å²) in [5.74, 6) is -0.0146. The molecule has 362 valence electrons. The van der Waals surface area contributed by atoms with E-state index in [0.29, 0.717) is 19.3 Å². The van der Waals surface area contributed by atoms with Crippen molar-refractivity contribution in [3.05, 3.63) is 0 Å². The molecule has 0 radical (unpaired) electrons. The zero-order chi connectivity index (χ0) is 44.5.